The van der Waals surface area contributed by atoms with Crippen LogP contribution in [0.1, 0.15) is 51.5 Å². The fourth-order valence-corrected chi connectivity index (χ4v) is 6.82. The number of para-hydroxylation sites is 1. The second kappa shape index (κ2) is 6.53. The molecule has 4 bridgehead atoms. The van der Waals surface area contributed by atoms with Crippen molar-refractivity contribution < 1.29 is 9.53 Å². The van der Waals surface area contributed by atoms with E-state index >= 15 is 0 Å². The van der Waals surface area contributed by atoms with E-state index in [1.54, 1.807) is 0 Å². The maximum Gasteiger partial charge on any atom is 0.223 e. The average Bonchev–Trinajstić information content (AvgIpc) is 2.65. The van der Waals surface area contributed by atoms with Crippen molar-refractivity contribution in [2.45, 2.75) is 52.0 Å². The second-order valence-electron chi connectivity index (χ2n) is 10.1. The Kier molecular flexibility index (Phi) is 4.22. The number of nitrogens with zero attached hydrogens (tertiary/aromatic N) is 1. The van der Waals surface area contributed by atoms with E-state index < -0.39 is 0 Å². The number of nitrogens with two attached hydrogens (primary N) is 1. The summed E-state index contributed by atoms with van der Waals surface area (Å²) in [6, 6.07) is 6.91. The molecule has 1 amide bonds. The Morgan fingerprint density at radius 2 is 2.00 bits per heavy atom. The molecule has 150 valence electrons. The minimum atomic E-state index is -0.227. The summed E-state index contributed by atoms with van der Waals surface area (Å²) >= 11 is 0. The van der Waals surface area contributed by atoms with Crippen LogP contribution < -0.4 is 15.4 Å². The van der Waals surface area contributed by atoms with Crippen LogP contribution >= 0.6 is 0 Å². The number of ether oxygens (including phenoxy) is 1. The number of fused-ring (bicyclic) bond motifs is 1. The van der Waals surface area contributed by atoms with Crippen molar-refractivity contribution in [3.63, 3.8) is 0 Å². The molecule has 0 saturated heterocycles. The van der Waals surface area contributed by atoms with Crippen molar-refractivity contribution >= 4 is 17.7 Å². The molecule has 28 heavy (non-hydrogen) atoms. The number of rotatable bonds is 5. The summed E-state index contributed by atoms with van der Waals surface area (Å²) in [5, 5.41) is 0. The minimum absolute atomic E-state index is 0.0507. The molecule has 6 rings (SSSR count). The molecule has 4 nitrogen and oxygen atoms in total. The highest BCUT2D eigenvalue weighted by molar-refractivity contribution is 5.82. The molecule has 2 atom stereocenters. The lowest BCUT2D eigenvalue weighted by atomic mass is 9.47. The van der Waals surface area contributed by atoms with Gasteiger partial charge in [0, 0.05) is 23.6 Å². The second-order valence-corrected chi connectivity index (χ2v) is 10.1. The predicted octanol–water partition coefficient (Wildman–Crippen LogP) is 4.23. The first-order valence-electron chi connectivity index (χ1n) is 11.0. The van der Waals surface area contributed by atoms with Gasteiger partial charge < -0.3 is 15.4 Å². The zero-order valence-electron chi connectivity index (χ0n) is 17.1. The van der Waals surface area contributed by atoms with Crippen LogP contribution in [0.4, 0.5) is 5.69 Å². The van der Waals surface area contributed by atoms with Gasteiger partial charge >= 0.3 is 0 Å². The Balaban J connectivity index is 1.49. The van der Waals surface area contributed by atoms with Crippen molar-refractivity contribution in [3.05, 3.63) is 29.8 Å². The van der Waals surface area contributed by atoms with Gasteiger partial charge in [-0.15, -0.1) is 0 Å². The van der Waals surface area contributed by atoms with Gasteiger partial charge in [0.15, 0.2) is 0 Å². The largest absolute Gasteiger partial charge is 0.491 e. The fourth-order valence-electron chi connectivity index (χ4n) is 6.82. The number of hydrogen-bond donors (Lipinski definition) is 1. The summed E-state index contributed by atoms with van der Waals surface area (Å²) in [6.45, 7) is 6.04. The Hall–Kier alpha value is -1.97. The minimum Gasteiger partial charge on any atom is -0.491 e. The molecule has 0 radical (unpaired) electrons. The van der Waals surface area contributed by atoms with Gasteiger partial charge in [-0.1, -0.05) is 38.1 Å². The van der Waals surface area contributed by atoms with Crippen molar-refractivity contribution in [2.24, 2.45) is 34.8 Å². The summed E-state index contributed by atoms with van der Waals surface area (Å²) in [5.41, 5.74) is 8.19. The number of anilines is 1. The highest BCUT2D eigenvalue weighted by atomic mass is 16.5. The normalized spacial score (nSPS) is 35.3. The summed E-state index contributed by atoms with van der Waals surface area (Å²) in [7, 11) is 0. The van der Waals surface area contributed by atoms with Crippen LogP contribution in [0, 0.1) is 29.1 Å². The molecular formula is C24H32N2O2. The number of benzene rings is 1. The number of carbonyl (C=O) groups is 1. The van der Waals surface area contributed by atoms with Gasteiger partial charge in [-0.2, -0.15) is 0 Å². The Morgan fingerprint density at radius 3 is 2.68 bits per heavy atom. The van der Waals surface area contributed by atoms with E-state index in [4.69, 9.17) is 10.5 Å². The van der Waals surface area contributed by atoms with Crippen LogP contribution in [-0.4, -0.2) is 25.1 Å². The van der Waals surface area contributed by atoms with Crippen LogP contribution in [0.25, 0.3) is 6.08 Å². The zero-order valence-corrected chi connectivity index (χ0v) is 17.1. The standard InChI is InChI=1S/C24H32N2O2/c1-15(2)14-28-20-7-3-5-17-6-4-8-26(22(17)20)21-18-9-16-10-19(21)13-24(11-16,12-18)23(25)27/h3-7,15-16,18-19,21H,8-14H2,1-2H3,(H2,25,27). The van der Waals surface area contributed by atoms with E-state index in [2.05, 4.69) is 49.1 Å². The smallest absolute Gasteiger partial charge is 0.223 e. The molecule has 4 heteroatoms. The lowest BCUT2D eigenvalue weighted by molar-refractivity contribution is -0.144. The van der Waals surface area contributed by atoms with E-state index in [9.17, 15) is 4.79 Å². The lowest BCUT2D eigenvalue weighted by Crippen LogP contribution is -2.62. The molecule has 1 aromatic rings. The highest BCUT2D eigenvalue weighted by Crippen LogP contribution is 2.61. The third-order valence-electron chi connectivity index (χ3n) is 7.60. The van der Waals surface area contributed by atoms with Gasteiger partial charge in [-0.25, -0.2) is 0 Å². The van der Waals surface area contributed by atoms with E-state index in [1.807, 2.05) is 0 Å². The van der Waals surface area contributed by atoms with Gasteiger partial charge in [0.2, 0.25) is 5.91 Å². The molecule has 2 unspecified atom stereocenters. The topological polar surface area (TPSA) is 55.6 Å². The molecule has 2 N–H and O–H groups in total. The molecule has 4 aliphatic carbocycles. The fraction of sp³-hybridized carbons (Fsp3) is 0.625. The molecule has 4 saturated carbocycles. The highest BCUT2D eigenvalue weighted by Gasteiger charge is 2.59. The number of carbonyl (C=O) groups excluding carboxylic acids is 1. The van der Waals surface area contributed by atoms with E-state index in [1.165, 1.54) is 24.1 Å². The number of amides is 1. The van der Waals surface area contributed by atoms with Crippen LogP contribution in [-0.2, 0) is 4.79 Å². The molecule has 0 spiro atoms. The molecule has 1 aliphatic heterocycles. The van der Waals surface area contributed by atoms with Crippen molar-refractivity contribution in [2.75, 3.05) is 18.1 Å². The van der Waals surface area contributed by atoms with Crippen LogP contribution in [0.5, 0.6) is 5.75 Å². The number of hydrogen-bond acceptors (Lipinski definition) is 3. The first-order chi connectivity index (χ1) is 13.5. The van der Waals surface area contributed by atoms with Crippen molar-refractivity contribution in [3.8, 4) is 5.75 Å². The van der Waals surface area contributed by atoms with Gasteiger partial charge in [0.25, 0.3) is 0 Å². The lowest BCUT2D eigenvalue weighted by Gasteiger charge is -2.61. The Morgan fingerprint density at radius 1 is 1.25 bits per heavy atom. The Bertz CT molecular complexity index is 799. The average molecular weight is 381 g/mol. The maximum absolute atomic E-state index is 12.3. The van der Waals surface area contributed by atoms with Gasteiger partial charge in [-0.3, -0.25) is 4.79 Å². The van der Waals surface area contributed by atoms with Crippen molar-refractivity contribution in [1.29, 1.82) is 0 Å². The third-order valence-corrected chi connectivity index (χ3v) is 7.60. The zero-order chi connectivity index (χ0) is 19.5. The van der Waals surface area contributed by atoms with E-state index in [-0.39, 0.29) is 11.3 Å². The third kappa shape index (κ3) is 2.75. The SMILES string of the molecule is CC(C)COc1cccc2c1N(C1C3CC4CC1CC(C(N)=O)(C4)C3)CC=C2. The van der Waals surface area contributed by atoms with Gasteiger partial charge in [0.05, 0.1) is 12.3 Å². The van der Waals surface area contributed by atoms with Crippen LogP contribution in [0.3, 0.4) is 0 Å². The van der Waals surface area contributed by atoms with Crippen LogP contribution in [0.2, 0.25) is 0 Å². The quantitative estimate of drug-likeness (QED) is 0.831. The first kappa shape index (κ1) is 18.1. The predicted molar refractivity (Wildman–Crippen MR) is 112 cm³/mol. The van der Waals surface area contributed by atoms with Gasteiger partial charge in [0.1, 0.15) is 5.75 Å². The van der Waals surface area contributed by atoms with E-state index in [0.717, 1.165) is 38.2 Å². The summed E-state index contributed by atoms with van der Waals surface area (Å²) < 4.78 is 6.25. The monoisotopic (exact) mass is 380 g/mol. The molecule has 0 aromatic heterocycles. The summed E-state index contributed by atoms with van der Waals surface area (Å²) in [5.74, 6) is 3.28. The maximum atomic E-state index is 12.3. The van der Waals surface area contributed by atoms with Crippen molar-refractivity contribution in [1.82, 2.24) is 0 Å². The molecule has 4 fully saturated rings. The molecule has 1 aromatic carbocycles. The molecule has 5 aliphatic rings. The number of primary amides is 1. The first-order valence-corrected chi connectivity index (χ1v) is 11.0. The summed E-state index contributed by atoms with van der Waals surface area (Å²) in [4.78, 5) is 14.9. The Labute approximate surface area is 168 Å². The van der Waals surface area contributed by atoms with Gasteiger partial charge in [-0.05, 0) is 61.8 Å². The molecule has 1 heterocycles. The summed E-state index contributed by atoms with van der Waals surface area (Å²) in [6.07, 6.45) is 10.00. The van der Waals surface area contributed by atoms with Crippen LogP contribution in [0.15, 0.2) is 24.3 Å². The molecular weight excluding hydrogens is 348 g/mol. The van der Waals surface area contributed by atoms with E-state index in [0.29, 0.717) is 29.7 Å².